The van der Waals surface area contributed by atoms with Crippen LogP contribution in [0, 0.1) is 0 Å². The molecule has 1 aromatic rings. The minimum atomic E-state index is -0.0666. The number of hydrogen-bond acceptors (Lipinski definition) is 4. The number of carbonyl (C=O) groups excluding carboxylic acids is 1. The van der Waals surface area contributed by atoms with Crippen molar-refractivity contribution in [2.24, 2.45) is 0 Å². The number of likely N-dealkylation sites (tertiary alicyclic amines) is 1. The van der Waals surface area contributed by atoms with E-state index in [1.807, 2.05) is 23.1 Å². The Balaban J connectivity index is 1.75. The van der Waals surface area contributed by atoms with Crippen LogP contribution in [-0.4, -0.2) is 43.8 Å². The van der Waals surface area contributed by atoms with Crippen molar-refractivity contribution in [1.29, 1.82) is 0 Å². The second kappa shape index (κ2) is 6.79. The molecule has 5 nitrogen and oxygen atoms in total. The summed E-state index contributed by atoms with van der Waals surface area (Å²) in [6.45, 7) is 2.12. The molecule has 2 heterocycles. The highest BCUT2D eigenvalue weighted by Gasteiger charge is 2.38. The Morgan fingerprint density at radius 2 is 2.09 bits per heavy atom. The van der Waals surface area contributed by atoms with Crippen LogP contribution in [0.3, 0.4) is 0 Å². The summed E-state index contributed by atoms with van der Waals surface area (Å²) >= 11 is 0. The molecule has 0 N–H and O–H groups in total. The third-order valence-electron chi connectivity index (χ3n) is 5.02. The summed E-state index contributed by atoms with van der Waals surface area (Å²) in [4.78, 5) is 14.4. The standard InChI is InChI=1S/C18H25NO4/c1-21-15-4-5-16(22-2)14(12-15)13-19-10-9-18(7-3-11-23-18)8-6-17(19)20/h4-5,12H,3,6-11,13H2,1-2H3/t18-/m0/s1. The third kappa shape index (κ3) is 3.44. The van der Waals surface area contributed by atoms with E-state index in [0.717, 1.165) is 55.9 Å². The molecule has 23 heavy (non-hydrogen) atoms. The third-order valence-corrected chi connectivity index (χ3v) is 5.02. The van der Waals surface area contributed by atoms with E-state index in [9.17, 15) is 4.79 Å². The van der Waals surface area contributed by atoms with Gasteiger partial charge in [0.05, 0.1) is 19.8 Å². The summed E-state index contributed by atoms with van der Waals surface area (Å²) in [6, 6.07) is 5.70. The first-order valence-electron chi connectivity index (χ1n) is 8.28. The van der Waals surface area contributed by atoms with Gasteiger partial charge < -0.3 is 19.1 Å². The molecule has 0 aromatic heterocycles. The van der Waals surface area contributed by atoms with Crippen molar-refractivity contribution in [3.05, 3.63) is 23.8 Å². The highest BCUT2D eigenvalue weighted by atomic mass is 16.5. The molecule has 5 heteroatoms. The zero-order valence-electron chi connectivity index (χ0n) is 14.0. The van der Waals surface area contributed by atoms with Crippen molar-refractivity contribution < 1.29 is 19.0 Å². The zero-order valence-corrected chi connectivity index (χ0v) is 14.0. The largest absolute Gasteiger partial charge is 0.497 e. The summed E-state index contributed by atoms with van der Waals surface area (Å²) in [6.07, 6.45) is 4.52. The second-order valence-corrected chi connectivity index (χ2v) is 6.38. The average molecular weight is 319 g/mol. The first-order valence-corrected chi connectivity index (χ1v) is 8.28. The normalized spacial score (nSPS) is 24.8. The summed E-state index contributed by atoms with van der Waals surface area (Å²) in [5.41, 5.74) is 0.909. The quantitative estimate of drug-likeness (QED) is 0.856. The number of benzene rings is 1. The first-order chi connectivity index (χ1) is 11.2. The predicted octanol–water partition coefficient (Wildman–Crippen LogP) is 2.77. The van der Waals surface area contributed by atoms with Gasteiger partial charge in [-0.1, -0.05) is 0 Å². The molecule has 1 amide bonds. The lowest BCUT2D eigenvalue weighted by Crippen LogP contribution is -2.32. The molecule has 1 spiro atoms. The van der Waals surface area contributed by atoms with Gasteiger partial charge in [0.15, 0.2) is 0 Å². The van der Waals surface area contributed by atoms with Gasteiger partial charge in [0.2, 0.25) is 5.91 Å². The first kappa shape index (κ1) is 16.1. The smallest absolute Gasteiger partial charge is 0.222 e. The van der Waals surface area contributed by atoms with E-state index in [4.69, 9.17) is 14.2 Å². The van der Waals surface area contributed by atoms with Crippen LogP contribution < -0.4 is 9.47 Å². The molecule has 0 radical (unpaired) electrons. The maximum atomic E-state index is 12.5. The van der Waals surface area contributed by atoms with Crippen molar-refractivity contribution in [2.75, 3.05) is 27.4 Å². The molecule has 126 valence electrons. The molecular formula is C18H25NO4. The van der Waals surface area contributed by atoms with E-state index >= 15 is 0 Å². The van der Waals surface area contributed by atoms with Gasteiger partial charge in [-0.05, 0) is 43.9 Å². The molecule has 0 saturated carbocycles. The van der Waals surface area contributed by atoms with Gasteiger partial charge in [-0.2, -0.15) is 0 Å². The molecular weight excluding hydrogens is 294 g/mol. The number of ether oxygens (including phenoxy) is 3. The second-order valence-electron chi connectivity index (χ2n) is 6.38. The molecule has 2 fully saturated rings. The van der Waals surface area contributed by atoms with Crippen molar-refractivity contribution >= 4 is 5.91 Å². The summed E-state index contributed by atoms with van der Waals surface area (Å²) in [5, 5.41) is 0. The molecule has 1 atom stereocenters. The van der Waals surface area contributed by atoms with E-state index in [2.05, 4.69) is 0 Å². The van der Waals surface area contributed by atoms with Crippen LogP contribution in [0.2, 0.25) is 0 Å². The maximum Gasteiger partial charge on any atom is 0.222 e. The van der Waals surface area contributed by atoms with E-state index in [1.165, 1.54) is 0 Å². The topological polar surface area (TPSA) is 48.0 Å². The minimum absolute atomic E-state index is 0.0666. The maximum absolute atomic E-state index is 12.5. The van der Waals surface area contributed by atoms with Crippen molar-refractivity contribution in [2.45, 2.75) is 44.2 Å². The van der Waals surface area contributed by atoms with Crippen LogP contribution in [0.1, 0.15) is 37.7 Å². The van der Waals surface area contributed by atoms with Gasteiger partial charge in [0.1, 0.15) is 11.5 Å². The van der Waals surface area contributed by atoms with Crippen LogP contribution in [0.25, 0.3) is 0 Å². The molecule has 2 saturated heterocycles. The van der Waals surface area contributed by atoms with Gasteiger partial charge >= 0.3 is 0 Å². The Hall–Kier alpha value is -1.75. The zero-order chi connectivity index (χ0) is 16.3. The van der Waals surface area contributed by atoms with Crippen LogP contribution in [0.5, 0.6) is 11.5 Å². The number of hydrogen-bond donors (Lipinski definition) is 0. The molecule has 0 bridgehead atoms. The fourth-order valence-corrected chi connectivity index (χ4v) is 3.61. The summed E-state index contributed by atoms with van der Waals surface area (Å²) in [7, 11) is 3.29. The van der Waals surface area contributed by atoms with Crippen LogP contribution in [-0.2, 0) is 16.1 Å². The Labute approximate surface area is 137 Å². The van der Waals surface area contributed by atoms with E-state index in [0.29, 0.717) is 13.0 Å². The minimum Gasteiger partial charge on any atom is -0.497 e. The molecule has 0 aliphatic carbocycles. The van der Waals surface area contributed by atoms with Gasteiger partial charge in [0.25, 0.3) is 0 Å². The number of carbonyl (C=O) groups is 1. The monoisotopic (exact) mass is 319 g/mol. The Morgan fingerprint density at radius 1 is 1.22 bits per heavy atom. The Morgan fingerprint density at radius 3 is 2.78 bits per heavy atom. The molecule has 3 rings (SSSR count). The predicted molar refractivity (Wildman–Crippen MR) is 86.7 cm³/mol. The number of methoxy groups -OCH3 is 2. The Bertz CT molecular complexity index is 566. The van der Waals surface area contributed by atoms with Gasteiger partial charge in [-0.25, -0.2) is 0 Å². The fourth-order valence-electron chi connectivity index (χ4n) is 3.61. The van der Waals surface area contributed by atoms with E-state index in [-0.39, 0.29) is 11.5 Å². The summed E-state index contributed by atoms with van der Waals surface area (Å²) in [5.74, 6) is 1.76. The van der Waals surface area contributed by atoms with E-state index < -0.39 is 0 Å². The highest BCUT2D eigenvalue weighted by Crippen LogP contribution is 2.36. The van der Waals surface area contributed by atoms with Gasteiger partial charge in [-0.3, -0.25) is 4.79 Å². The van der Waals surface area contributed by atoms with Crippen LogP contribution >= 0.6 is 0 Å². The average Bonchev–Trinajstić information content (AvgIpc) is 2.99. The van der Waals surface area contributed by atoms with Crippen LogP contribution in [0.15, 0.2) is 18.2 Å². The molecule has 1 aromatic carbocycles. The van der Waals surface area contributed by atoms with Gasteiger partial charge in [0, 0.05) is 31.7 Å². The SMILES string of the molecule is COc1ccc(OC)c(CN2CC[C@]3(CCCO3)CCC2=O)c1. The number of rotatable bonds is 4. The Kier molecular flexibility index (Phi) is 4.76. The van der Waals surface area contributed by atoms with E-state index in [1.54, 1.807) is 14.2 Å². The lowest BCUT2D eigenvalue weighted by atomic mass is 9.92. The van der Waals surface area contributed by atoms with Gasteiger partial charge in [-0.15, -0.1) is 0 Å². The number of amides is 1. The van der Waals surface area contributed by atoms with Crippen molar-refractivity contribution in [3.8, 4) is 11.5 Å². The van der Waals surface area contributed by atoms with Crippen LogP contribution in [0.4, 0.5) is 0 Å². The lowest BCUT2D eigenvalue weighted by Gasteiger charge is -2.27. The molecule has 0 unspecified atom stereocenters. The lowest BCUT2D eigenvalue weighted by molar-refractivity contribution is -0.131. The number of nitrogens with zero attached hydrogens (tertiary/aromatic N) is 1. The van der Waals surface area contributed by atoms with Crippen molar-refractivity contribution in [3.63, 3.8) is 0 Å². The van der Waals surface area contributed by atoms with Crippen molar-refractivity contribution in [1.82, 2.24) is 4.90 Å². The molecule has 2 aliphatic heterocycles. The molecule has 2 aliphatic rings. The highest BCUT2D eigenvalue weighted by molar-refractivity contribution is 5.76. The fraction of sp³-hybridized carbons (Fsp3) is 0.611. The summed E-state index contributed by atoms with van der Waals surface area (Å²) < 4.78 is 16.7.